The first kappa shape index (κ1) is 8.74. The number of benzene rings is 1. The number of aryl methyl sites for hydroxylation is 1. The summed E-state index contributed by atoms with van der Waals surface area (Å²) in [6, 6.07) is 9.97. The fourth-order valence-corrected chi connectivity index (χ4v) is 2.12. The molecule has 0 aliphatic carbocycles. The maximum Gasteiger partial charge on any atom is 0.141 e. The number of hydrogen-bond acceptors (Lipinski definition) is 1. The molecule has 3 heteroatoms. The number of halogens is 1. The van der Waals surface area contributed by atoms with E-state index in [1.165, 1.54) is 0 Å². The van der Waals surface area contributed by atoms with Gasteiger partial charge in [-0.15, -0.1) is 0 Å². The fraction of sp³-hybridized carbons (Fsp3) is 0.0833. The smallest absolute Gasteiger partial charge is 0.141 e. The lowest BCUT2D eigenvalue weighted by molar-refractivity contribution is 0.893. The minimum atomic E-state index is 0.712. The van der Waals surface area contributed by atoms with Crippen LogP contribution in [0.3, 0.4) is 0 Å². The fourth-order valence-electron chi connectivity index (χ4n) is 1.91. The van der Waals surface area contributed by atoms with Crippen LogP contribution in [0, 0.1) is 0 Å². The Bertz CT molecular complexity index is 612. The minimum Gasteiger partial charge on any atom is -0.336 e. The van der Waals surface area contributed by atoms with Gasteiger partial charge in [-0.25, -0.2) is 4.98 Å². The topological polar surface area (TPSA) is 17.8 Å². The number of fused-ring (bicyclic) bond motifs is 3. The Kier molecular flexibility index (Phi) is 1.73. The first-order chi connectivity index (χ1) is 7.27. The zero-order valence-electron chi connectivity index (χ0n) is 8.24. The average Bonchev–Trinajstić information content (AvgIpc) is 2.60. The lowest BCUT2D eigenvalue weighted by Gasteiger charge is -2.03. The van der Waals surface area contributed by atoms with Gasteiger partial charge >= 0.3 is 0 Å². The largest absolute Gasteiger partial charge is 0.336 e. The highest BCUT2D eigenvalue weighted by Crippen LogP contribution is 2.33. The predicted octanol–water partition coefficient (Wildman–Crippen LogP) is 3.33. The number of para-hydroxylation sites is 1. The van der Waals surface area contributed by atoms with Crippen molar-refractivity contribution in [2.24, 2.45) is 7.05 Å². The van der Waals surface area contributed by atoms with Gasteiger partial charge < -0.3 is 4.57 Å². The van der Waals surface area contributed by atoms with Crippen molar-refractivity contribution in [1.82, 2.24) is 9.55 Å². The van der Waals surface area contributed by atoms with Gasteiger partial charge in [0.25, 0.3) is 0 Å². The maximum atomic E-state index is 6.11. The monoisotopic (exact) mass is 216 g/mol. The zero-order chi connectivity index (χ0) is 10.4. The molecule has 0 saturated heterocycles. The highest BCUT2D eigenvalue weighted by molar-refractivity contribution is 6.35. The molecule has 0 radical (unpaired) electrons. The molecule has 15 heavy (non-hydrogen) atoms. The molecule has 1 aromatic carbocycles. The van der Waals surface area contributed by atoms with Crippen molar-refractivity contribution < 1.29 is 0 Å². The van der Waals surface area contributed by atoms with Crippen molar-refractivity contribution in [3.05, 3.63) is 41.6 Å². The van der Waals surface area contributed by atoms with Crippen LogP contribution in [0.2, 0.25) is 5.02 Å². The average molecular weight is 217 g/mol. The molecule has 0 saturated carbocycles. The second kappa shape index (κ2) is 2.97. The molecule has 74 valence electrons. The molecule has 2 aliphatic rings. The molecule has 2 aliphatic heterocycles. The molecule has 0 fully saturated rings. The minimum absolute atomic E-state index is 0.712. The van der Waals surface area contributed by atoms with Crippen LogP contribution in [0.4, 0.5) is 0 Å². The van der Waals surface area contributed by atoms with Crippen LogP contribution in [0.5, 0.6) is 0 Å². The van der Waals surface area contributed by atoms with E-state index in [-0.39, 0.29) is 0 Å². The van der Waals surface area contributed by atoms with Crippen molar-refractivity contribution in [2.45, 2.75) is 0 Å². The first-order valence-corrected chi connectivity index (χ1v) is 5.14. The summed E-state index contributed by atoms with van der Waals surface area (Å²) < 4.78 is 2.01. The molecule has 0 unspecified atom stereocenters. The van der Waals surface area contributed by atoms with Gasteiger partial charge in [0, 0.05) is 24.2 Å². The van der Waals surface area contributed by atoms with Gasteiger partial charge in [0.15, 0.2) is 0 Å². The second-order valence-electron chi connectivity index (χ2n) is 3.60. The quantitative estimate of drug-likeness (QED) is 0.564. The summed E-state index contributed by atoms with van der Waals surface area (Å²) in [5, 5.41) is 1.83. The Hall–Kier alpha value is -1.54. The normalized spacial score (nSPS) is 11.3. The molecule has 1 aromatic rings. The Morgan fingerprint density at radius 3 is 2.93 bits per heavy atom. The molecule has 2 nitrogen and oxygen atoms in total. The molecular weight excluding hydrogens is 208 g/mol. The van der Waals surface area contributed by atoms with Crippen molar-refractivity contribution in [2.75, 3.05) is 0 Å². The Balaban J connectivity index is 2.56. The van der Waals surface area contributed by atoms with Crippen molar-refractivity contribution in [1.29, 1.82) is 0 Å². The Morgan fingerprint density at radius 1 is 1.20 bits per heavy atom. The van der Waals surface area contributed by atoms with E-state index in [1.54, 1.807) is 0 Å². The van der Waals surface area contributed by atoms with E-state index < -0.39 is 0 Å². The summed E-state index contributed by atoms with van der Waals surface area (Å²) in [6.07, 6.45) is 1.99. The molecule has 0 spiro atoms. The van der Waals surface area contributed by atoms with E-state index in [4.69, 9.17) is 11.6 Å². The van der Waals surface area contributed by atoms with Crippen LogP contribution in [0.1, 0.15) is 0 Å². The number of nitrogens with zero attached hydrogens (tertiary/aromatic N) is 2. The zero-order valence-corrected chi connectivity index (χ0v) is 8.99. The lowest BCUT2D eigenvalue weighted by atomic mass is 10.1. The van der Waals surface area contributed by atoms with Crippen LogP contribution in [-0.2, 0) is 7.05 Å². The highest BCUT2D eigenvalue weighted by atomic mass is 35.5. The van der Waals surface area contributed by atoms with E-state index in [0.717, 1.165) is 22.3 Å². The van der Waals surface area contributed by atoms with Crippen LogP contribution in [0.25, 0.3) is 22.3 Å². The third-order valence-corrected chi connectivity index (χ3v) is 2.95. The SMILES string of the molecule is Cn1cccc2c3cccc(Cl)c3nc1-2. The number of hydrogen-bond donors (Lipinski definition) is 0. The summed E-state index contributed by atoms with van der Waals surface area (Å²) in [5.74, 6) is 0.973. The maximum absolute atomic E-state index is 6.11. The van der Waals surface area contributed by atoms with Crippen molar-refractivity contribution in [3.8, 4) is 11.4 Å². The van der Waals surface area contributed by atoms with Crippen LogP contribution in [-0.4, -0.2) is 9.55 Å². The van der Waals surface area contributed by atoms with Gasteiger partial charge in [-0.2, -0.15) is 0 Å². The molecule has 0 amide bonds. The summed E-state index contributed by atoms with van der Waals surface area (Å²) in [5.41, 5.74) is 2.04. The van der Waals surface area contributed by atoms with Crippen molar-refractivity contribution >= 4 is 22.5 Å². The van der Waals surface area contributed by atoms with Gasteiger partial charge in [0.2, 0.25) is 0 Å². The number of aromatic nitrogens is 2. The van der Waals surface area contributed by atoms with Crippen LogP contribution < -0.4 is 0 Å². The van der Waals surface area contributed by atoms with E-state index in [1.807, 2.05) is 36.0 Å². The highest BCUT2D eigenvalue weighted by Gasteiger charge is 2.14. The Labute approximate surface area is 92.5 Å². The molecule has 3 rings (SSSR count). The molecule has 0 aromatic heterocycles. The molecule has 0 bridgehead atoms. The summed E-state index contributed by atoms with van der Waals surface area (Å²) in [7, 11) is 1.99. The summed E-state index contributed by atoms with van der Waals surface area (Å²) >= 11 is 6.11. The number of rotatable bonds is 0. The predicted molar refractivity (Wildman–Crippen MR) is 62.3 cm³/mol. The van der Waals surface area contributed by atoms with Gasteiger partial charge in [-0.05, 0) is 18.2 Å². The van der Waals surface area contributed by atoms with E-state index in [0.29, 0.717) is 5.02 Å². The van der Waals surface area contributed by atoms with Gasteiger partial charge in [-0.1, -0.05) is 23.7 Å². The first-order valence-electron chi connectivity index (χ1n) is 4.76. The van der Waals surface area contributed by atoms with E-state index in [9.17, 15) is 0 Å². The summed E-state index contributed by atoms with van der Waals surface area (Å²) in [6.45, 7) is 0. The van der Waals surface area contributed by atoms with Gasteiger partial charge in [0.1, 0.15) is 5.82 Å². The molecule has 0 atom stereocenters. The Morgan fingerprint density at radius 2 is 2.07 bits per heavy atom. The van der Waals surface area contributed by atoms with Gasteiger partial charge in [-0.3, -0.25) is 0 Å². The van der Waals surface area contributed by atoms with Crippen molar-refractivity contribution in [3.63, 3.8) is 0 Å². The van der Waals surface area contributed by atoms with E-state index in [2.05, 4.69) is 17.1 Å². The third-order valence-electron chi connectivity index (χ3n) is 2.64. The second-order valence-corrected chi connectivity index (χ2v) is 4.01. The lowest BCUT2D eigenvalue weighted by Crippen LogP contribution is -1.94. The van der Waals surface area contributed by atoms with Gasteiger partial charge in [0.05, 0.1) is 10.5 Å². The summed E-state index contributed by atoms with van der Waals surface area (Å²) in [4.78, 5) is 4.55. The molecule has 0 N–H and O–H groups in total. The molecular formula is C12H9ClN2. The standard InChI is InChI=1S/C12H9ClN2/c1-15-7-3-5-9-8-4-2-6-10(13)11(8)14-12(9)15/h2-7H,1H3. The van der Waals surface area contributed by atoms with E-state index >= 15 is 0 Å². The van der Waals surface area contributed by atoms with Crippen LogP contribution in [0.15, 0.2) is 36.5 Å². The van der Waals surface area contributed by atoms with Crippen LogP contribution >= 0.6 is 11.6 Å². The number of pyridine rings is 1. The molecule has 2 heterocycles. The third kappa shape index (κ3) is 1.15.